The number of nitrogens with zero attached hydrogens (tertiary/aromatic N) is 1. The lowest BCUT2D eigenvalue weighted by atomic mass is 10.3. The number of rotatable bonds is 5. The van der Waals surface area contributed by atoms with Gasteiger partial charge in [0, 0.05) is 13.3 Å². The average molecular weight is 200 g/mol. The smallest absolute Gasteiger partial charge is 0.165 e. The van der Waals surface area contributed by atoms with E-state index in [0.29, 0.717) is 6.61 Å². The molecule has 1 atom stereocenters. The highest BCUT2D eigenvalue weighted by atomic mass is 19.1. The van der Waals surface area contributed by atoms with Gasteiger partial charge in [-0.3, -0.25) is 0 Å². The van der Waals surface area contributed by atoms with Gasteiger partial charge in [-0.05, 0) is 12.1 Å². The van der Waals surface area contributed by atoms with Crippen LogP contribution in [-0.2, 0) is 4.74 Å². The number of methoxy groups -OCH3 is 1. The first-order chi connectivity index (χ1) is 6.77. The lowest BCUT2D eigenvalue weighted by Gasteiger charge is -2.15. The molecule has 0 aliphatic rings. The molecule has 1 aromatic rings. The van der Waals surface area contributed by atoms with Crippen molar-refractivity contribution in [3.63, 3.8) is 0 Å². The molecule has 0 radical (unpaired) electrons. The summed E-state index contributed by atoms with van der Waals surface area (Å²) in [6, 6.07) is 2.46. The monoisotopic (exact) mass is 200 g/mol. The van der Waals surface area contributed by atoms with Crippen molar-refractivity contribution >= 4 is 5.82 Å². The van der Waals surface area contributed by atoms with Gasteiger partial charge in [0.1, 0.15) is 0 Å². The van der Waals surface area contributed by atoms with Crippen LogP contribution in [0.2, 0.25) is 0 Å². The van der Waals surface area contributed by atoms with E-state index < -0.39 is 5.82 Å². The number of nitrogens with one attached hydrogen (secondary N) is 1. The number of aliphatic hydroxyl groups excluding tert-OH is 1. The van der Waals surface area contributed by atoms with Crippen molar-refractivity contribution in [3.05, 3.63) is 24.1 Å². The summed E-state index contributed by atoms with van der Waals surface area (Å²) < 4.78 is 17.9. The number of ether oxygens (including phenoxy) is 1. The highest BCUT2D eigenvalue weighted by molar-refractivity contribution is 5.36. The normalized spacial score (nSPS) is 12.5. The maximum absolute atomic E-state index is 13.1. The summed E-state index contributed by atoms with van der Waals surface area (Å²) in [7, 11) is 1.51. The maximum atomic E-state index is 13.1. The van der Waals surface area contributed by atoms with Crippen LogP contribution >= 0.6 is 0 Å². The molecule has 14 heavy (non-hydrogen) atoms. The van der Waals surface area contributed by atoms with Gasteiger partial charge in [-0.1, -0.05) is 0 Å². The molecule has 5 heteroatoms. The van der Waals surface area contributed by atoms with Crippen molar-refractivity contribution in [3.8, 4) is 0 Å². The highest BCUT2D eigenvalue weighted by Crippen LogP contribution is 2.09. The van der Waals surface area contributed by atoms with Crippen LogP contribution in [0.1, 0.15) is 0 Å². The standard InChI is InChI=1S/C9H13FN2O2/c1-14-6-7(5-13)12-9-8(10)3-2-4-11-9/h2-4,7,13H,5-6H2,1H3,(H,11,12). The van der Waals surface area contributed by atoms with E-state index in [1.54, 1.807) is 0 Å². The largest absolute Gasteiger partial charge is 0.394 e. The fourth-order valence-corrected chi connectivity index (χ4v) is 1.03. The van der Waals surface area contributed by atoms with E-state index in [4.69, 9.17) is 9.84 Å². The Morgan fingerprint density at radius 3 is 3.07 bits per heavy atom. The third-order valence-corrected chi connectivity index (χ3v) is 1.69. The molecule has 0 aliphatic heterocycles. The van der Waals surface area contributed by atoms with Gasteiger partial charge in [0.25, 0.3) is 0 Å². The van der Waals surface area contributed by atoms with E-state index in [2.05, 4.69) is 10.3 Å². The second-order valence-electron chi connectivity index (χ2n) is 2.81. The lowest BCUT2D eigenvalue weighted by molar-refractivity contribution is 0.153. The van der Waals surface area contributed by atoms with Crippen molar-refractivity contribution in [1.82, 2.24) is 4.98 Å². The molecule has 0 spiro atoms. The molecule has 0 amide bonds. The highest BCUT2D eigenvalue weighted by Gasteiger charge is 2.09. The van der Waals surface area contributed by atoms with Gasteiger partial charge in [0.05, 0.1) is 19.3 Å². The topological polar surface area (TPSA) is 54.4 Å². The Hall–Kier alpha value is -1.20. The summed E-state index contributed by atoms with van der Waals surface area (Å²) in [6.45, 7) is 0.163. The Morgan fingerprint density at radius 2 is 2.50 bits per heavy atom. The summed E-state index contributed by atoms with van der Waals surface area (Å²) in [6.07, 6.45) is 1.48. The van der Waals surface area contributed by atoms with Gasteiger partial charge < -0.3 is 15.2 Å². The average Bonchev–Trinajstić information content (AvgIpc) is 2.20. The van der Waals surface area contributed by atoms with Crippen LogP contribution in [0, 0.1) is 5.82 Å². The zero-order chi connectivity index (χ0) is 10.4. The molecule has 0 aliphatic carbocycles. The van der Waals surface area contributed by atoms with Gasteiger partial charge in [-0.15, -0.1) is 0 Å². The van der Waals surface area contributed by atoms with Crippen LogP contribution in [0.25, 0.3) is 0 Å². The minimum atomic E-state index is -0.443. The number of pyridine rings is 1. The Morgan fingerprint density at radius 1 is 1.71 bits per heavy atom. The minimum absolute atomic E-state index is 0.128. The zero-order valence-electron chi connectivity index (χ0n) is 7.90. The number of aromatic nitrogens is 1. The molecule has 0 fully saturated rings. The van der Waals surface area contributed by atoms with Crippen LogP contribution in [0.5, 0.6) is 0 Å². The van der Waals surface area contributed by atoms with Gasteiger partial charge >= 0.3 is 0 Å². The molecule has 1 unspecified atom stereocenters. The molecule has 1 heterocycles. The fourth-order valence-electron chi connectivity index (χ4n) is 1.03. The number of hydrogen-bond acceptors (Lipinski definition) is 4. The van der Waals surface area contributed by atoms with Crippen molar-refractivity contribution < 1.29 is 14.2 Å². The second-order valence-corrected chi connectivity index (χ2v) is 2.81. The van der Waals surface area contributed by atoms with Crippen molar-refractivity contribution in [2.75, 3.05) is 25.6 Å². The summed E-state index contributed by atoms with van der Waals surface area (Å²) in [5.41, 5.74) is 0. The van der Waals surface area contributed by atoms with Crippen molar-refractivity contribution in [1.29, 1.82) is 0 Å². The SMILES string of the molecule is COCC(CO)Nc1ncccc1F. The first-order valence-electron chi connectivity index (χ1n) is 4.24. The predicted octanol–water partition coefficient (Wildman–Crippen LogP) is 0.640. The molecule has 0 saturated heterocycles. The third kappa shape index (κ3) is 2.93. The van der Waals surface area contributed by atoms with E-state index in [1.165, 1.54) is 25.4 Å². The summed E-state index contributed by atoms with van der Waals surface area (Å²) >= 11 is 0. The van der Waals surface area contributed by atoms with E-state index in [0.717, 1.165) is 0 Å². The molecular formula is C9H13FN2O2. The van der Waals surface area contributed by atoms with Crippen LogP contribution in [0.4, 0.5) is 10.2 Å². The van der Waals surface area contributed by atoms with Gasteiger partial charge in [-0.25, -0.2) is 9.37 Å². The lowest BCUT2D eigenvalue weighted by Crippen LogP contribution is -2.29. The van der Waals surface area contributed by atoms with Crippen LogP contribution in [0.15, 0.2) is 18.3 Å². The Balaban J connectivity index is 2.62. The Labute approximate surface area is 81.7 Å². The second kappa shape index (κ2) is 5.51. The van der Waals surface area contributed by atoms with Gasteiger partial charge in [-0.2, -0.15) is 0 Å². The van der Waals surface area contributed by atoms with Crippen molar-refractivity contribution in [2.45, 2.75) is 6.04 Å². The molecule has 1 aromatic heterocycles. The Kier molecular flexibility index (Phi) is 4.28. The number of anilines is 1. The number of aliphatic hydroxyl groups is 1. The summed E-state index contributed by atoms with van der Waals surface area (Å²) in [5.74, 6) is -0.314. The third-order valence-electron chi connectivity index (χ3n) is 1.69. The van der Waals surface area contributed by atoms with Crippen molar-refractivity contribution in [2.24, 2.45) is 0 Å². The number of hydrogen-bond donors (Lipinski definition) is 2. The fraction of sp³-hybridized carbons (Fsp3) is 0.444. The molecular weight excluding hydrogens is 187 g/mol. The summed E-state index contributed by atoms with van der Waals surface area (Å²) in [5, 5.41) is 11.7. The summed E-state index contributed by atoms with van der Waals surface area (Å²) in [4.78, 5) is 3.80. The molecule has 1 rings (SSSR count). The molecule has 2 N–H and O–H groups in total. The first-order valence-corrected chi connectivity index (χ1v) is 4.24. The van der Waals surface area contributed by atoms with E-state index in [1.807, 2.05) is 0 Å². The van der Waals surface area contributed by atoms with Gasteiger partial charge in [0.2, 0.25) is 0 Å². The van der Waals surface area contributed by atoms with Crippen LogP contribution < -0.4 is 5.32 Å². The van der Waals surface area contributed by atoms with E-state index in [9.17, 15) is 4.39 Å². The molecule has 0 saturated carbocycles. The Bertz CT molecular complexity index is 283. The first kappa shape index (κ1) is 10.9. The van der Waals surface area contributed by atoms with E-state index >= 15 is 0 Å². The van der Waals surface area contributed by atoms with E-state index in [-0.39, 0.29) is 18.5 Å². The molecule has 4 nitrogen and oxygen atoms in total. The zero-order valence-corrected chi connectivity index (χ0v) is 7.90. The molecule has 0 bridgehead atoms. The quantitative estimate of drug-likeness (QED) is 0.732. The van der Waals surface area contributed by atoms with Crippen LogP contribution in [-0.4, -0.2) is 36.5 Å². The molecule has 78 valence electrons. The minimum Gasteiger partial charge on any atom is -0.394 e. The number of halogens is 1. The van der Waals surface area contributed by atoms with Gasteiger partial charge in [0.15, 0.2) is 11.6 Å². The maximum Gasteiger partial charge on any atom is 0.165 e. The predicted molar refractivity (Wildman–Crippen MR) is 50.6 cm³/mol. The van der Waals surface area contributed by atoms with Crippen LogP contribution in [0.3, 0.4) is 0 Å². The molecule has 0 aromatic carbocycles.